The lowest BCUT2D eigenvalue weighted by atomic mass is 10.0. The van der Waals surface area contributed by atoms with E-state index in [1.807, 2.05) is 54.6 Å². The minimum Gasteiger partial charge on any atom is -0.371 e. The summed E-state index contributed by atoms with van der Waals surface area (Å²) in [6.07, 6.45) is -0.0911. The van der Waals surface area contributed by atoms with Gasteiger partial charge >= 0.3 is 0 Å². The van der Waals surface area contributed by atoms with Crippen molar-refractivity contribution in [3.05, 3.63) is 70.7 Å². The lowest BCUT2D eigenvalue weighted by Gasteiger charge is -2.37. The predicted octanol–water partition coefficient (Wildman–Crippen LogP) is 2.94. The highest BCUT2D eigenvalue weighted by molar-refractivity contribution is 6.30. The van der Waals surface area contributed by atoms with Crippen LogP contribution in [0.25, 0.3) is 0 Å². The lowest BCUT2D eigenvalue weighted by molar-refractivity contribution is -0.127. The van der Waals surface area contributed by atoms with Crippen molar-refractivity contribution >= 4 is 17.5 Å². The largest absolute Gasteiger partial charge is 0.371 e. The smallest absolute Gasteiger partial charge is 0.239 e. The molecule has 2 aromatic rings. The highest BCUT2D eigenvalue weighted by Gasteiger charge is 2.31. The van der Waals surface area contributed by atoms with Gasteiger partial charge in [-0.15, -0.1) is 0 Å². The average molecular weight is 331 g/mol. The zero-order valence-electron chi connectivity index (χ0n) is 12.7. The number of carbonyl (C=O) groups excluding carboxylic acids is 1. The predicted molar refractivity (Wildman–Crippen MR) is 90.1 cm³/mol. The molecule has 0 spiro atoms. The second-order valence-corrected chi connectivity index (χ2v) is 6.06. The molecular formula is C18H19ClN2O2. The van der Waals surface area contributed by atoms with Crippen LogP contribution in [0.3, 0.4) is 0 Å². The van der Waals surface area contributed by atoms with Crippen LogP contribution in [0.1, 0.15) is 23.3 Å². The molecule has 1 saturated heterocycles. The van der Waals surface area contributed by atoms with Crippen LogP contribution in [0.2, 0.25) is 5.02 Å². The molecule has 4 nitrogen and oxygen atoms in total. The Morgan fingerprint density at radius 2 is 1.87 bits per heavy atom. The summed E-state index contributed by atoms with van der Waals surface area (Å²) in [5, 5.41) is 0.695. The van der Waals surface area contributed by atoms with Crippen LogP contribution < -0.4 is 5.73 Å². The first-order valence-electron chi connectivity index (χ1n) is 7.60. The molecule has 2 atom stereocenters. The van der Waals surface area contributed by atoms with E-state index in [0.29, 0.717) is 24.7 Å². The van der Waals surface area contributed by atoms with Gasteiger partial charge in [-0.05, 0) is 23.3 Å². The van der Waals surface area contributed by atoms with Gasteiger partial charge in [0, 0.05) is 18.1 Å². The summed E-state index contributed by atoms with van der Waals surface area (Å²) in [6, 6.07) is 16.8. The Balaban J connectivity index is 1.81. The maximum absolute atomic E-state index is 12.0. The number of amides is 1. The Morgan fingerprint density at radius 1 is 1.17 bits per heavy atom. The first kappa shape index (κ1) is 16.0. The molecule has 120 valence electrons. The molecule has 1 aliphatic heterocycles. The van der Waals surface area contributed by atoms with Crippen molar-refractivity contribution in [2.24, 2.45) is 5.73 Å². The molecule has 1 amide bonds. The molecule has 3 rings (SSSR count). The van der Waals surface area contributed by atoms with Gasteiger partial charge in [0.05, 0.1) is 12.7 Å². The molecule has 0 saturated carbocycles. The van der Waals surface area contributed by atoms with Crippen molar-refractivity contribution in [2.75, 3.05) is 19.7 Å². The van der Waals surface area contributed by atoms with Gasteiger partial charge in [0.1, 0.15) is 6.04 Å². The van der Waals surface area contributed by atoms with Crippen LogP contribution >= 0.6 is 11.6 Å². The lowest BCUT2D eigenvalue weighted by Crippen LogP contribution is -2.45. The van der Waals surface area contributed by atoms with Crippen LogP contribution in [-0.4, -0.2) is 30.5 Å². The number of rotatable bonds is 4. The van der Waals surface area contributed by atoms with E-state index < -0.39 is 6.04 Å². The van der Waals surface area contributed by atoms with Crippen molar-refractivity contribution in [1.29, 1.82) is 0 Å². The summed E-state index contributed by atoms with van der Waals surface area (Å²) in [5.41, 5.74) is 7.63. The maximum atomic E-state index is 12.0. The number of morpholine rings is 1. The molecular weight excluding hydrogens is 312 g/mol. The third-order valence-electron chi connectivity index (χ3n) is 4.09. The quantitative estimate of drug-likeness (QED) is 0.937. The molecule has 1 heterocycles. The van der Waals surface area contributed by atoms with E-state index in [0.717, 1.165) is 11.1 Å². The van der Waals surface area contributed by atoms with E-state index in [1.165, 1.54) is 0 Å². The van der Waals surface area contributed by atoms with Crippen LogP contribution in [0, 0.1) is 0 Å². The standard InChI is InChI=1S/C18H19ClN2O2/c19-15-8-6-13(7-9-15)16-12-21(10-11-23-16)17(18(20)22)14-4-2-1-3-5-14/h1-9,16-17H,10-12H2,(H2,20,22)/t16-,17-/m1/s1. The fraction of sp³-hybridized carbons (Fsp3) is 0.278. The van der Waals surface area contributed by atoms with Crippen molar-refractivity contribution in [3.8, 4) is 0 Å². The number of ether oxygens (including phenoxy) is 1. The molecule has 0 aromatic heterocycles. The maximum Gasteiger partial charge on any atom is 0.239 e. The zero-order valence-corrected chi connectivity index (χ0v) is 13.4. The summed E-state index contributed by atoms with van der Waals surface area (Å²) < 4.78 is 5.86. The van der Waals surface area contributed by atoms with E-state index >= 15 is 0 Å². The first-order valence-corrected chi connectivity index (χ1v) is 7.98. The molecule has 1 aliphatic rings. The topological polar surface area (TPSA) is 55.6 Å². The van der Waals surface area contributed by atoms with Gasteiger partial charge in [0.2, 0.25) is 5.91 Å². The van der Waals surface area contributed by atoms with E-state index in [1.54, 1.807) is 0 Å². The van der Waals surface area contributed by atoms with Gasteiger partial charge in [-0.3, -0.25) is 9.69 Å². The number of carbonyl (C=O) groups is 1. The Hall–Kier alpha value is -1.88. The van der Waals surface area contributed by atoms with Crippen LogP contribution in [0.15, 0.2) is 54.6 Å². The molecule has 0 unspecified atom stereocenters. The first-order chi connectivity index (χ1) is 11.1. The van der Waals surface area contributed by atoms with Crippen molar-refractivity contribution < 1.29 is 9.53 Å². The number of nitrogens with two attached hydrogens (primary N) is 1. The third kappa shape index (κ3) is 3.72. The Labute approximate surface area is 140 Å². The van der Waals surface area contributed by atoms with E-state index in [-0.39, 0.29) is 12.0 Å². The summed E-state index contributed by atoms with van der Waals surface area (Å²) >= 11 is 5.94. The number of halogens is 1. The molecule has 2 aromatic carbocycles. The minimum atomic E-state index is -0.435. The third-order valence-corrected chi connectivity index (χ3v) is 4.34. The van der Waals surface area contributed by atoms with E-state index in [4.69, 9.17) is 22.1 Å². The summed E-state index contributed by atoms with van der Waals surface area (Å²) in [6.45, 7) is 1.85. The minimum absolute atomic E-state index is 0.0911. The van der Waals surface area contributed by atoms with E-state index in [2.05, 4.69) is 4.90 Å². The number of benzene rings is 2. The number of hydrogen-bond acceptors (Lipinski definition) is 3. The summed E-state index contributed by atoms with van der Waals surface area (Å²) in [7, 11) is 0. The number of hydrogen-bond donors (Lipinski definition) is 1. The van der Waals surface area contributed by atoms with Gasteiger partial charge in [-0.1, -0.05) is 54.1 Å². The highest BCUT2D eigenvalue weighted by atomic mass is 35.5. The Morgan fingerprint density at radius 3 is 2.52 bits per heavy atom. The van der Waals surface area contributed by atoms with Gasteiger partial charge in [-0.25, -0.2) is 0 Å². The fourth-order valence-corrected chi connectivity index (χ4v) is 3.10. The molecule has 23 heavy (non-hydrogen) atoms. The highest BCUT2D eigenvalue weighted by Crippen LogP contribution is 2.29. The number of primary amides is 1. The number of nitrogens with zero attached hydrogens (tertiary/aromatic N) is 1. The van der Waals surface area contributed by atoms with Gasteiger partial charge in [0.25, 0.3) is 0 Å². The average Bonchev–Trinajstić information content (AvgIpc) is 2.57. The molecule has 0 bridgehead atoms. The Bertz CT molecular complexity index is 660. The normalized spacial score (nSPS) is 20.1. The van der Waals surface area contributed by atoms with E-state index in [9.17, 15) is 4.79 Å². The zero-order chi connectivity index (χ0) is 16.2. The van der Waals surface area contributed by atoms with Crippen molar-refractivity contribution in [1.82, 2.24) is 4.90 Å². The van der Waals surface area contributed by atoms with Gasteiger partial charge in [-0.2, -0.15) is 0 Å². The van der Waals surface area contributed by atoms with Crippen molar-refractivity contribution in [3.63, 3.8) is 0 Å². The van der Waals surface area contributed by atoms with Gasteiger partial charge < -0.3 is 10.5 Å². The second kappa shape index (κ2) is 7.13. The van der Waals surface area contributed by atoms with Gasteiger partial charge in [0.15, 0.2) is 0 Å². The second-order valence-electron chi connectivity index (χ2n) is 5.62. The molecule has 0 radical (unpaired) electrons. The van der Waals surface area contributed by atoms with Crippen molar-refractivity contribution in [2.45, 2.75) is 12.1 Å². The molecule has 5 heteroatoms. The van der Waals surface area contributed by atoms with Crippen LogP contribution in [0.5, 0.6) is 0 Å². The molecule has 0 aliphatic carbocycles. The SMILES string of the molecule is NC(=O)[C@@H](c1ccccc1)N1CCO[C@@H](c2ccc(Cl)cc2)C1. The Kier molecular flexibility index (Phi) is 4.96. The fourth-order valence-electron chi connectivity index (χ4n) is 2.97. The molecule has 1 fully saturated rings. The van der Waals surface area contributed by atoms with Crippen LogP contribution in [-0.2, 0) is 9.53 Å². The monoisotopic (exact) mass is 330 g/mol. The van der Waals surface area contributed by atoms with Crippen LogP contribution in [0.4, 0.5) is 0 Å². The summed E-state index contributed by atoms with van der Waals surface area (Å²) in [5.74, 6) is -0.340. The molecule has 2 N–H and O–H groups in total. The summed E-state index contributed by atoms with van der Waals surface area (Å²) in [4.78, 5) is 14.1.